The number of sulfonamides is 1. The molecule has 14 heteroatoms. The summed E-state index contributed by atoms with van der Waals surface area (Å²) >= 11 is 0. The number of methoxy groups -OCH3 is 1. The number of primary amides is 1. The Hall–Kier alpha value is -3.62. The molecule has 1 aromatic rings. The molecule has 3 aliphatic carbocycles. The summed E-state index contributed by atoms with van der Waals surface area (Å²) in [6.45, 7) is 0. The predicted molar refractivity (Wildman–Crippen MR) is 129 cm³/mol. The van der Waals surface area contributed by atoms with Crippen molar-refractivity contribution in [2.75, 3.05) is 32.2 Å². The Kier molecular flexibility index (Phi) is 6.05. The van der Waals surface area contributed by atoms with Crippen molar-refractivity contribution in [1.82, 2.24) is 4.90 Å². The largest absolute Gasteiger partial charge is 0.508 e. The minimum Gasteiger partial charge on any atom is -0.508 e. The molecule has 0 saturated heterocycles. The quantitative estimate of drug-likeness (QED) is 0.205. The molecule has 0 unspecified atom stereocenters. The molecule has 4 atom stereocenters. The monoisotopic (exact) mass is 537 g/mol. The lowest BCUT2D eigenvalue weighted by atomic mass is 9.57. The fraction of sp³-hybridized carbons (Fsp3) is 0.435. The first-order valence-corrected chi connectivity index (χ1v) is 13.0. The van der Waals surface area contributed by atoms with Gasteiger partial charge in [0.05, 0.1) is 30.7 Å². The van der Waals surface area contributed by atoms with Crippen LogP contribution < -0.4 is 15.2 Å². The molecule has 0 bridgehead atoms. The van der Waals surface area contributed by atoms with Gasteiger partial charge in [-0.05, 0) is 32.9 Å². The third-order valence-corrected chi connectivity index (χ3v) is 7.79. The number of phenolic OH excluding ortho intramolecular Hbond substituents is 1. The number of carbonyl (C=O) groups is 3. The van der Waals surface area contributed by atoms with Crippen LogP contribution in [0.5, 0.6) is 11.5 Å². The van der Waals surface area contributed by atoms with Crippen LogP contribution in [0.3, 0.4) is 0 Å². The van der Waals surface area contributed by atoms with Crippen LogP contribution in [0, 0.1) is 11.8 Å². The van der Waals surface area contributed by atoms with Gasteiger partial charge in [0.2, 0.25) is 15.8 Å². The number of phenols is 1. The summed E-state index contributed by atoms with van der Waals surface area (Å²) in [5.41, 5.74) is 0.910. The van der Waals surface area contributed by atoms with Crippen LogP contribution in [-0.4, -0.2) is 90.3 Å². The van der Waals surface area contributed by atoms with E-state index in [4.69, 9.17) is 10.5 Å². The lowest BCUT2D eigenvalue weighted by molar-refractivity contribution is -0.153. The van der Waals surface area contributed by atoms with E-state index in [2.05, 4.69) is 4.72 Å². The van der Waals surface area contributed by atoms with Gasteiger partial charge in [-0.3, -0.25) is 24.0 Å². The number of hydrogen-bond acceptors (Lipinski definition) is 11. The summed E-state index contributed by atoms with van der Waals surface area (Å²) in [4.78, 5) is 40.3. The van der Waals surface area contributed by atoms with Gasteiger partial charge in [0.25, 0.3) is 5.91 Å². The highest BCUT2D eigenvalue weighted by atomic mass is 32.2. The summed E-state index contributed by atoms with van der Waals surface area (Å²) in [6.07, 6.45) is 0.771. The standard InChI is InChI=1S/C23H27N3O10S/c1-26(2)16-10-6-8-5-9-12(36-3)7-11(25-37(4,34)35)17(27)14(9)18(28)13(8)20(30)23(10,33)21(31)15(19(16)29)22(24)32/h7-8,10,16,25,27-28,31,33H,5-6H2,1-4H3,(H2,24,32)/t8-,10-,16-,23-/m0/s1. The van der Waals surface area contributed by atoms with Crippen molar-refractivity contribution in [2.24, 2.45) is 17.6 Å². The lowest BCUT2D eigenvalue weighted by Gasteiger charge is -2.50. The Morgan fingerprint density at radius 2 is 1.86 bits per heavy atom. The van der Waals surface area contributed by atoms with Crippen molar-refractivity contribution in [3.05, 3.63) is 34.1 Å². The van der Waals surface area contributed by atoms with Gasteiger partial charge in [0.1, 0.15) is 22.8 Å². The molecule has 3 aliphatic rings. The molecule has 1 amide bonds. The summed E-state index contributed by atoms with van der Waals surface area (Å²) < 4.78 is 31.1. The highest BCUT2D eigenvalue weighted by Crippen LogP contribution is 2.54. The van der Waals surface area contributed by atoms with Crippen molar-refractivity contribution in [3.63, 3.8) is 0 Å². The Balaban J connectivity index is 1.99. The van der Waals surface area contributed by atoms with Crippen molar-refractivity contribution in [3.8, 4) is 11.5 Å². The van der Waals surface area contributed by atoms with Gasteiger partial charge in [0, 0.05) is 23.1 Å². The second kappa shape index (κ2) is 8.46. The SMILES string of the molecule is COc1cc(NS(C)(=O)=O)c(O)c2c1C[C@H]1C[C@H]3[C@H](N(C)C)C(=O)C(C(N)=O)=C(O)[C@@]3(O)C(=O)C1=C2O. The molecule has 37 heavy (non-hydrogen) atoms. The Morgan fingerprint density at radius 1 is 1.24 bits per heavy atom. The second-order valence-electron chi connectivity index (χ2n) is 9.66. The Bertz CT molecular complexity index is 1430. The number of rotatable bonds is 5. The van der Waals surface area contributed by atoms with Crippen molar-refractivity contribution >= 4 is 38.9 Å². The number of aliphatic hydroxyl groups excluding tert-OH is 2. The van der Waals surface area contributed by atoms with Crippen molar-refractivity contribution in [1.29, 1.82) is 0 Å². The zero-order chi connectivity index (χ0) is 27.8. The number of aliphatic hydroxyl groups is 3. The fourth-order valence-electron chi connectivity index (χ4n) is 5.74. The van der Waals surface area contributed by atoms with E-state index >= 15 is 0 Å². The van der Waals surface area contributed by atoms with Crippen LogP contribution in [0.2, 0.25) is 0 Å². The van der Waals surface area contributed by atoms with E-state index in [1.807, 2.05) is 0 Å². The number of hydrogen-bond donors (Lipinski definition) is 6. The maximum absolute atomic E-state index is 13.8. The van der Waals surface area contributed by atoms with E-state index in [0.717, 1.165) is 6.26 Å². The summed E-state index contributed by atoms with van der Waals surface area (Å²) in [5, 5.41) is 44.5. The number of nitrogens with zero attached hydrogens (tertiary/aromatic N) is 1. The minimum absolute atomic E-state index is 0.00439. The van der Waals surface area contributed by atoms with Gasteiger partial charge in [-0.2, -0.15) is 0 Å². The molecule has 4 rings (SSSR count). The molecule has 1 aromatic carbocycles. The minimum atomic E-state index is -3.86. The molecule has 1 fully saturated rings. The van der Waals surface area contributed by atoms with Gasteiger partial charge in [-0.15, -0.1) is 0 Å². The average Bonchev–Trinajstić information content (AvgIpc) is 2.76. The molecule has 7 N–H and O–H groups in total. The zero-order valence-electron chi connectivity index (χ0n) is 20.4. The van der Waals surface area contributed by atoms with E-state index in [-0.39, 0.29) is 41.0 Å². The molecule has 0 heterocycles. The maximum atomic E-state index is 13.8. The number of ketones is 2. The highest BCUT2D eigenvalue weighted by molar-refractivity contribution is 7.92. The first-order chi connectivity index (χ1) is 17.1. The third kappa shape index (κ3) is 3.74. The maximum Gasteiger partial charge on any atom is 0.255 e. The van der Waals surface area contributed by atoms with Crippen LogP contribution in [0.1, 0.15) is 17.5 Å². The Morgan fingerprint density at radius 3 is 2.38 bits per heavy atom. The molecule has 0 aliphatic heterocycles. The van der Waals surface area contributed by atoms with Gasteiger partial charge >= 0.3 is 0 Å². The summed E-state index contributed by atoms with van der Waals surface area (Å²) in [5.74, 6) is -7.88. The molecule has 13 nitrogen and oxygen atoms in total. The number of amides is 1. The molecular formula is C23H27N3O10S. The fourth-order valence-corrected chi connectivity index (χ4v) is 6.29. The number of ether oxygens (including phenoxy) is 1. The van der Waals surface area contributed by atoms with Crippen LogP contribution in [0.25, 0.3) is 5.76 Å². The van der Waals surface area contributed by atoms with Crippen molar-refractivity contribution in [2.45, 2.75) is 24.5 Å². The number of likely N-dealkylation sites (N-methyl/N-ethyl adjacent to an activating group) is 1. The highest BCUT2D eigenvalue weighted by Gasteiger charge is 2.64. The number of benzene rings is 1. The second-order valence-corrected chi connectivity index (χ2v) is 11.4. The number of aromatic hydroxyl groups is 1. The van der Waals surface area contributed by atoms with E-state index in [1.54, 1.807) is 0 Å². The zero-order valence-corrected chi connectivity index (χ0v) is 21.2. The van der Waals surface area contributed by atoms with Gasteiger partial charge in [0.15, 0.2) is 17.1 Å². The third-order valence-electron chi connectivity index (χ3n) is 7.20. The molecule has 0 spiro atoms. The van der Waals surface area contributed by atoms with Gasteiger partial charge < -0.3 is 30.9 Å². The van der Waals surface area contributed by atoms with E-state index in [9.17, 15) is 43.2 Å². The number of nitrogens with one attached hydrogen (secondary N) is 1. The van der Waals surface area contributed by atoms with Gasteiger partial charge in [-0.25, -0.2) is 8.42 Å². The van der Waals surface area contributed by atoms with Crippen LogP contribution in [-0.2, 0) is 30.8 Å². The molecule has 1 saturated carbocycles. The number of carbonyl (C=O) groups excluding carboxylic acids is 3. The van der Waals surface area contributed by atoms with Gasteiger partial charge in [-0.1, -0.05) is 0 Å². The van der Waals surface area contributed by atoms with Crippen LogP contribution >= 0.6 is 0 Å². The van der Waals surface area contributed by atoms with Crippen molar-refractivity contribution < 1.29 is 48.0 Å². The number of nitrogens with two attached hydrogens (primary N) is 1. The molecule has 0 radical (unpaired) electrons. The molecule has 0 aromatic heterocycles. The van der Waals surface area contributed by atoms with E-state index in [1.165, 1.54) is 32.2 Å². The number of fused-ring (bicyclic) bond motifs is 3. The normalized spacial score (nSPS) is 27.6. The topological polar surface area (TPSA) is 217 Å². The number of Topliss-reactive ketones (excluding diaryl/α,β-unsaturated/α-hetero) is 2. The van der Waals surface area contributed by atoms with Crippen LogP contribution in [0.4, 0.5) is 5.69 Å². The first kappa shape index (κ1) is 26.4. The lowest BCUT2D eigenvalue weighted by Crippen LogP contribution is -2.65. The summed E-state index contributed by atoms with van der Waals surface area (Å²) in [7, 11) is 0.450. The Labute approximate surface area is 211 Å². The molecule has 200 valence electrons. The predicted octanol–water partition coefficient (Wildman–Crippen LogP) is -0.656. The summed E-state index contributed by atoms with van der Waals surface area (Å²) in [6, 6.07) is 0.0312. The van der Waals surface area contributed by atoms with E-state index < -0.39 is 73.8 Å². The number of anilines is 1. The average molecular weight is 538 g/mol. The molecular weight excluding hydrogens is 510 g/mol. The van der Waals surface area contributed by atoms with E-state index in [0.29, 0.717) is 0 Å². The smallest absolute Gasteiger partial charge is 0.255 e. The first-order valence-electron chi connectivity index (χ1n) is 11.1. The van der Waals surface area contributed by atoms with Crippen LogP contribution in [0.15, 0.2) is 23.0 Å².